The van der Waals surface area contributed by atoms with Gasteiger partial charge < -0.3 is 20.3 Å². The summed E-state index contributed by atoms with van der Waals surface area (Å²) in [5.41, 5.74) is 2.56. The van der Waals surface area contributed by atoms with Crippen molar-refractivity contribution < 1.29 is 14.3 Å². The summed E-state index contributed by atoms with van der Waals surface area (Å²) in [6.07, 6.45) is 1.56. The highest BCUT2D eigenvalue weighted by molar-refractivity contribution is 7.13. The number of methoxy groups -OCH3 is 1. The van der Waals surface area contributed by atoms with Gasteiger partial charge in [-0.05, 0) is 44.0 Å². The Bertz CT molecular complexity index is 1090. The van der Waals surface area contributed by atoms with Crippen LogP contribution in [0.15, 0.2) is 48.5 Å². The zero-order chi connectivity index (χ0) is 22.5. The number of rotatable bonds is 5. The van der Waals surface area contributed by atoms with Crippen LogP contribution in [0.1, 0.15) is 39.1 Å². The molecule has 9 heteroatoms. The Balaban J connectivity index is 1.30. The molecule has 0 spiro atoms. The maximum Gasteiger partial charge on any atom is 0.321 e. The van der Waals surface area contributed by atoms with E-state index in [1.807, 2.05) is 49.4 Å². The third kappa shape index (κ3) is 5.23. The minimum Gasteiger partial charge on any atom is -0.497 e. The lowest BCUT2D eigenvalue weighted by Gasteiger charge is -2.31. The Morgan fingerprint density at radius 2 is 1.78 bits per heavy atom. The number of benzene rings is 2. The summed E-state index contributed by atoms with van der Waals surface area (Å²) >= 11 is 1.32. The molecule has 1 aliphatic rings. The minimum atomic E-state index is -0.257. The van der Waals surface area contributed by atoms with Crippen molar-refractivity contribution in [2.75, 3.05) is 30.8 Å². The van der Waals surface area contributed by atoms with E-state index >= 15 is 0 Å². The molecule has 1 fully saturated rings. The molecule has 1 aromatic heterocycles. The van der Waals surface area contributed by atoms with Gasteiger partial charge in [0.05, 0.1) is 7.11 Å². The first-order valence-corrected chi connectivity index (χ1v) is 11.2. The number of aromatic nitrogens is 2. The smallest absolute Gasteiger partial charge is 0.321 e. The summed E-state index contributed by atoms with van der Waals surface area (Å²) in [5, 5.41) is 15.3. The van der Waals surface area contributed by atoms with E-state index in [-0.39, 0.29) is 17.9 Å². The molecule has 1 saturated heterocycles. The van der Waals surface area contributed by atoms with Gasteiger partial charge in [-0.1, -0.05) is 35.1 Å². The Morgan fingerprint density at radius 3 is 2.50 bits per heavy atom. The maximum atomic E-state index is 12.6. The number of nitrogens with one attached hydrogen (secondary N) is 2. The Labute approximate surface area is 190 Å². The van der Waals surface area contributed by atoms with E-state index in [1.165, 1.54) is 11.3 Å². The molecule has 0 aliphatic carbocycles. The van der Waals surface area contributed by atoms with Crippen LogP contribution >= 0.6 is 11.3 Å². The Kier molecular flexibility index (Phi) is 6.65. The summed E-state index contributed by atoms with van der Waals surface area (Å²) in [4.78, 5) is 26.9. The van der Waals surface area contributed by atoms with Crippen molar-refractivity contribution in [3.63, 3.8) is 0 Å². The molecule has 2 heterocycles. The predicted octanol–water partition coefficient (Wildman–Crippen LogP) is 4.52. The lowest BCUT2D eigenvalue weighted by molar-refractivity contribution is 0.102. The second-order valence-corrected chi connectivity index (χ2v) is 8.70. The van der Waals surface area contributed by atoms with Crippen LogP contribution in [0, 0.1) is 6.92 Å². The SMILES string of the molecule is COc1cccc(NC(=O)N2CCC(c3nnc(C(=O)Nc4ccc(C)cc4)s3)CC2)c1. The van der Waals surface area contributed by atoms with Crippen molar-refractivity contribution in [2.45, 2.75) is 25.7 Å². The number of piperidine rings is 1. The second kappa shape index (κ2) is 9.78. The number of urea groups is 1. The first-order valence-electron chi connectivity index (χ1n) is 10.4. The molecule has 2 N–H and O–H groups in total. The van der Waals surface area contributed by atoms with Crippen LogP contribution in [-0.2, 0) is 0 Å². The lowest BCUT2D eigenvalue weighted by Crippen LogP contribution is -2.40. The third-order valence-electron chi connectivity index (χ3n) is 5.40. The van der Waals surface area contributed by atoms with Gasteiger partial charge in [-0.15, -0.1) is 10.2 Å². The van der Waals surface area contributed by atoms with Crippen LogP contribution in [0.3, 0.4) is 0 Å². The molecule has 0 saturated carbocycles. The topological polar surface area (TPSA) is 96.4 Å². The number of anilines is 2. The monoisotopic (exact) mass is 451 g/mol. The van der Waals surface area contributed by atoms with Crippen LogP contribution < -0.4 is 15.4 Å². The highest BCUT2D eigenvalue weighted by atomic mass is 32.1. The van der Waals surface area contributed by atoms with E-state index in [0.717, 1.165) is 29.1 Å². The molecule has 0 radical (unpaired) electrons. The fraction of sp³-hybridized carbons (Fsp3) is 0.304. The summed E-state index contributed by atoms with van der Waals surface area (Å²) < 4.78 is 5.20. The zero-order valence-electron chi connectivity index (χ0n) is 18.0. The molecule has 0 atom stereocenters. The molecule has 3 amide bonds. The van der Waals surface area contributed by atoms with Crippen molar-refractivity contribution >= 4 is 34.6 Å². The molecule has 3 aromatic rings. The zero-order valence-corrected chi connectivity index (χ0v) is 18.8. The van der Waals surface area contributed by atoms with E-state index in [4.69, 9.17) is 4.74 Å². The predicted molar refractivity (Wildman–Crippen MR) is 125 cm³/mol. The van der Waals surface area contributed by atoms with E-state index in [1.54, 1.807) is 18.1 Å². The molecule has 2 aromatic carbocycles. The number of likely N-dealkylation sites (tertiary alicyclic amines) is 1. The number of carbonyl (C=O) groups excluding carboxylic acids is 2. The van der Waals surface area contributed by atoms with Crippen molar-refractivity contribution in [1.82, 2.24) is 15.1 Å². The van der Waals surface area contributed by atoms with Crippen LogP contribution in [0.2, 0.25) is 0 Å². The first-order chi connectivity index (χ1) is 15.5. The molecule has 8 nitrogen and oxygen atoms in total. The van der Waals surface area contributed by atoms with Crippen LogP contribution in [0.5, 0.6) is 5.75 Å². The molecule has 0 unspecified atom stereocenters. The Hall–Kier alpha value is -3.46. The average molecular weight is 452 g/mol. The van der Waals surface area contributed by atoms with Gasteiger partial charge in [0.15, 0.2) is 0 Å². The summed E-state index contributed by atoms with van der Waals surface area (Å²) in [7, 11) is 1.59. The molecule has 32 heavy (non-hydrogen) atoms. The number of aryl methyl sites for hydroxylation is 1. The van der Waals surface area contributed by atoms with Crippen molar-refractivity contribution in [3.05, 3.63) is 64.1 Å². The molecular formula is C23H25N5O3S. The molecule has 0 bridgehead atoms. The van der Waals surface area contributed by atoms with Gasteiger partial charge in [-0.25, -0.2) is 4.79 Å². The van der Waals surface area contributed by atoms with E-state index < -0.39 is 0 Å². The number of carbonyl (C=O) groups is 2. The van der Waals surface area contributed by atoms with Crippen molar-refractivity contribution in [2.24, 2.45) is 0 Å². The number of hydrogen-bond acceptors (Lipinski definition) is 6. The number of nitrogens with zero attached hydrogens (tertiary/aromatic N) is 3. The van der Waals surface area contributed by atoms with Crippen molar-refractivity contribution in [3.8, 4) is 5.75 Å². The van der Waals surface area contributed by atoms with Gasteiger partial charge in [0.1, 0.15) is 10.8 Å². The maximum absolute atomic E-state index is 12.6. The van der Waals surface area contributed by atoms with Crippen LogP contribution in [0.25, 0.3) is 0 Å². The van der Waals surface area contributed by atoms with Gasteiger partial charge in [0.25, 0.3) is 5.91 Å². The van der Waals surface area contributed by atoms with E-state index in [2.05, 4.69) is 20.8 Å². The molecule has 4 rings (SSSR count). The number of ether oxygens (including phenoxy) is 1. The highest BCUT2D eigenvalue weighted by Crippen LogP contribution is 2.30. The molecule has 1 aliphatic heterocycles. The normalized spacial score (nSPS) is 14.1. The second-order valence-electron chi connectivity index (χ2n) is 7.69. The van der Waals surface area contributed by atoms with Crippen LogP contribution in [0.4, 0.5) is 16.2 Å². The lowest BCUT2D eigenvalue weighted by atomic mass is 9.98. The Morgan fingerprint density at radius 1 is 1.03 bits per heavy atom. The van der Waals surface area contributed by atoms with Crippen LogP contribution in [-0.4, -0.2) is 47.2 Å². The van der Waals surface area contributed by atoms with Gasteiger partial charge in [-0.3, -0.25) is 4.79 Å². The quantitative estimate of drug-likeness (QED) is 0.595. The van der Waals surface area contributed by atoms with Gasteiger partial charge >= 0.3 is 6.03 Å². The molecular weight excluding hydrogens is 426 g/mol. The van der Waals surface area contributed by atoms with Crippen molar-refractivity contribution in [1.29, 1.82) is 0 Å². The third-order valence-corrected chi connectivity index (χ3v) is 6.48. The first kappa shape index (κ1) is 21.8. The number of hydrogen-bond donors (Lipinski definition) is 2. The average Bonchev–Trinajstić information content (AvgIpc) is 3.31. The minimum absolute atomic E-state index is 0.132. The van der Waals surface area contributed by atoms with E-state index in [0.29, 0.717) is 29.5 Å². The standard InChI is InChI=1S/C23H25N5O3S/c1-15-6-8-17(9-7-15)24-20(29)22-27-26-21(32-22)16-10-12-28(13-11-16)23(30)25-18-4-3-5-19(14-18)31-2/h3-9,14,16H,10-13H2,1-2H3,(H,24,29)(H,25,30). The van der Waals surface area contributed by atoms with Gasteiger partial charge in [0.2, 0.25) is 5.01 Å². The summed E-state index contributed by atoms with van der Waals surface area (Å²) in [6.45, 7) is 3.23. The van der Waals surface area contributed by atoms with Gasteiger partial charge in [0, 0.05) is 36.4 Å². The fourth-order valence-corrected chi connectivity index (χ4v) is 4.45. The summed E-state index contributed by atoms with van der Waals surface area (Å²) in [6, 6.07) is 14.8. The molecule has 166 valence electrons. The fourth-order valence-electron chi connectivity index (χ4n) is 3.55. The highest BCUT2D eigenvalue weighted by Gasteiger charge is 2.27. The summed E-state index contributed by atoms with van der Waals surface area (Å²) in [5.74, 6) is 0.627. The number of amides is 3. The van der Waals surface area contributed by atoms with Gasteiger partial charge in [-0.2, -0.15) is 0 Å². The largest absolute Gasteiger partial charge is 0.497 e. The van der Waals surface area contributed by atoms with E-state index in [9.17, 15) is 9.59 Å².